The lowest BCUT2D eigenvalue weighted by Crippen LogP contribution is -2.29. The second-order valence-electron chi connectivity index (χ2n) is 6.69. The van der Waals surface area contributed by atoms with Crippen molar-refractivity contribution in [3.63, 3.8) is 0 Å². The van der Waals surface area contributed by atoms with E-state index in [2.05, 4.69) is 20.4 Å². The van der Waals surface area contributed by atoms with Crippen LogP contribution in [-0.2, 0) is 11.2 Å². The molecule has 0 radical (unpaired) electrons. The van der Waals surface area contributed by atoms with Gasteiger partial charge >= 0.3 is 0 Å². The number of hydrogen-bond donors (Lipinski definition) is 1. The van der Waals surface area contributed by atoms with E-state index in [1.807, 2.05) is 48.5 Å². The summed E-state index contributed by atoms with van der Waals surface area (Å²) in [5, 5.41) is 7.37. The second-order valence-corrected chi connectivity index (χ2v) is 7.10. The number of aryl methyl sites for hydroxylation is 2. The average molecular weight is 423 g/mol. The van der Waals surface area contributed by atoms with Crippen LogP contribution in [0.3, 0.4) is 0 Å². The fraction of sp³-hybridized carbons (Fsp3) is 0.182. The summed E-state index contributed by atoms with van der Waals surface area (Å²) >= 11 is 6.20. The smallest absolute Gasteiger partial charge is 0.253 e. The Morgan fingerprint density at radius 1 is 1.13 bits per heavy atom. The van der Waals surface area contributed by atoms with Gasteiger partial charge in [0, 0.05) is 18.4 Å². The van der Waals surface area contributed by atoms with Gasteiger partial charge in [-0.05, 0) is 24.6 Å². The van der Waals surface area contributed by atoms with Crippen molar-refractivity contribution in [3.05, 3.63) is 89.0 Å². The Kier molecular flexibility index (Phi) is 5.90. The number of carbonyl (C=O) groups excluding carboxylic acids is 1. The normalized spacial score (nSPS) is 11.9. The minimum Gasteiger partial charge on any atom is -0.441 e. The van der Waals surface area contributed by atoms with Crippen molar-refractivity contribution >= 4 is 17.5 Å². The van der Waals surface area contributed by atoms with Crippen LogP contribution in [0.5, 0.6) is 0 Å². The van der Waals surface area contributed by atoms with Crippen LogP contribution < -0.4 is 5.32 Å². The molecule has 1 unspecified atom stereocenters. The summed E-state index contributed by atoms with van der Waals surface area (Å²) in [4.78, 5) is 21.1. The van der Waals surface area contributed by atoms with Gasteiger partial charge in [-0.3, -0.25) is 4.79 Å². The minimum atomic E-state index is -0.525. The first kappa shape index (κ1) is 19.8. The predicted octanol–water partition coefficient (Wildman–Crippen LogP) is 4.52. The van der Waals surface area contributed by atoms with Crippen molar-refractivity contribution < 1.29 is 13.7 Å². The summed E-state index contributed by atoms with van der Waals surface area (Å²) in [5.41, 5.74) is 1.62. The third-order valence-electron chi connectivity index (χ3n) is 4.49. The Morgan fingerprint density at radius 3 is 2.63 bits per heavy atom. The van der Waals surface area contributed by atoms with Gasteiger partial charge in [-0.25, -0.2) is 4.98 Å². The van der Waals surface area contributed by atoms with Gasteiger partial charge in [0.15, 0.2) is 17.5 Å². The molecule has 1 atom stereocenters. The SMILES string of the molecule is Cc1noc(C(NC(=O)CCc2ncc(-c3ccccc3Cl)o2)c2ccccc2)n1. The number of carbonyl (C=O) groups is 1. The zero-order chi connectivity index (χ0) is 20.9. The van der Waals surface area contributed by atoms with E-state index in [4.69, 9.17) is 20.5 Å². The number of amides is 1. The highest BCUT2D eigenvalue weighted by atomic mass is 35.5. The van der Waals surface area contributed by atoms with Gasteiger partial charge in [-0.15, -0.1) is 0 Å². The molecule has 30 heavy (non-hydrogen) atoms. The second kappa shape index (κ2) is 8.92. The third kappa shape index (κ3) is 4.58. The lowest BCUT2D eigenvalue weighted by atomic mass is 10.1. The highest BCUT2D eigenvalue weighted by molar-refractivity contribution is 6.33. The summed E-state index contributed by atoms with van der Waals surface area (Å²) in [6.07, 6.45) is 2.15. The van der Waals surface area contributed by atoms with Crippen LogP contribution in [0.4, 0.5) is 0 Å². The third-order valence-corrected chi connectivity index (χ3v) is 4.82. The van der Waals surface area contributed by atoms with Gasteiger partial charge in [-0.2, -0.15) is 4.98 Å². The molecule has 0 aliphatic heterocycles. The van der Waals surface area contributed by atoms with E-state index in [0.717, 1.165) is 11.1 Å². The van der Waals surface area contributed by atoms with Crippen molar-refractivity contribution in [3.8, 4) is 11.3 Å². The molecule has 0 aliphatic rings. The number of rotatable bonds is 7. The van der Waals surface area contributed by atoms with Crippen molar-refractivity contribution in [2.45, 2.75) is 25.8 Å². The van der Waals surface area contributed by atoms with E-state index in [0.29, 0.717) is 34.8 Å². The van der Waals surface area contributed by atoms with E-state index in [9.17, 15) is 4.79 Å². The number of oxazole rings is 1. The molecule has 8 heteroatoms. The topological polar surface area (TPSA) is 94.1 Å². The molecule has 0 saturated heterocycles. The van der Waals surface area contributed by atoms with Crippen LogP contribution in [0.1, 0.15) is 35.6 Å². The number of nitrogens with zero attached hydrogens (tertiary/aromatic N) is 3. The average Bonchev–Trinajstić information content (AvgIpc) is 3.40. The molecule has 152 valence electrons. The van der Waals surface area contributed by atoms with Crippen LogP contribution in [0.2, 0.25) is 5.02 Å². The summed E-state index contributed by atoms with van der Waals surface area (Å²) in [5.74, 6) is 1.69. The fourth-order valence-corrected chi connectivity index (χ4v) is 3.26. The number of benzene rings is 2. The Morgan fingerprint density at radius 2 is 1.90 bits per heavy atom. The van der Waals surface area contributed by atoms with Crippen molar-refractivity contribution in [2.75, 3.05) is 0 Å². The molecular weight excluding hydrogens is 404 g/mol. The molecule has 0 bridgehead atoms. The first-order valence-corrected chi connectivity index (χ1v) is 9.82. The molecule has 4 rings (SSSR count). The van der Waals surface area contributed by atoms with Crippen LogP contribution in [-0.4, -0.2) is 21.0 Å². The van der Waals surface area contributed by atoms with Gasteiger partial charge in [0.05, 0.1) is 11.2 Å². The van der Waals surface area contributed by atoms with Crippen LogP contribution in [0, 0.1) is 6.92 Å². The molecule has 2 heterocycles. The molecule has 2 aromatic carbocycles. The maximum absolute atomic E-state index is 12.6. The van der Waals surface area contributed by atoms with E-state index in [1.54, 1.807) is 19.2 Å². The molecule has 0 fully saturated rings. The molecule has 2 aromatic heterocycles. The van der Waals surface area contributed by atoms with E-state index in [-0.39, 0.29) is 12.3 Å². The molecule has 1 N–H and O–H groups in total. The summed E-state index contributed by atoms with van der Waals surface area (Å²) < 4.78 is 11.1. The Balaban J connectivity index is 1.43. The molecular formula is C22H19ClN4O3. The monoisotopic (exact) mass is 422 g/mol. The molecule has 1 amide bonds. The highest BCUT2D eigenvalue weighted by Gasteiger charge is 2.22. The number of halogens is 1. The largest absolute Gasteiger partial charge is 0.441 e. The van der Waals surface area contributed by atoms with Crippen LogP contribution >= 0.6 is 11.6 Å². The van der Waals surface area contributed by atoms with Gasteiger partial charge < -0.3 is 14.3 Å². The molecule has 4 aromatic rings. The summed E-state index contributed by atoms with van der Waals surface area (Å²) in [6, 6.07) is 16.3. The lowest BCUT2D eigenvalue weighted by molar-refractivity contribution is -0.121. The minimum absolute atomic E-state index is 0.183. The van der Waals surface area contributed by atoms with Gasteiger partial charge in [0.1, 0.15) is 6.04 Å². The zero-order valence-corrected chi connectivity index (χ0v) is 17.0. The Bertz CT molecular complexity index is 1140. The van der Waals surface area contributed by atoms with E-state index < -0.39 is 6.04 Å². The van der Waals surface area contributed by atoms with Crippen molar-refractivity contribution in [1.29, 1.82) is 0 Å². The lowest BCUT2D eigenvalue weighted by Gasteiger charge is -2.15. The summed E-state index contributed by atoms with van der Waals surface area (Å²) in [7, 11) is 0. The number of hydrogen-bond acceptors (Lipinski definition) is 6. The van der Waals surface area contributed by atoms with E-state index >= 15 is 0 Å². The standard InChI is InChI=1S/C22H19ClN4O3/c1-14-25-22(30-27-14)21(15-7-3-2-4-8-15)26-19(28)11-12-20-24-13-18(29-20)16-9-5-6-10-17(16)23/h2-10,13,21H,11-12H2,1H3,(H,26,28). The predicted molar refractivity (Wildman–Crippen MR) is 111 cm³/mol. The van der Waals surface area contributed by atoms with Crippen LogP contribution in [0.15, 0.2) is 69.7 Å². The number of aromatic nitrogens is 3. The van der Waals surface area contributed by atoms with Gasteiger partial charge in [0.25, 0.3) is 5.89 Å². The van der Waals surface area contributed by atoms with Gasteiger partial charge in [-0.1, -0.05) is 59.2 Å². The first-order valence-electron chi connectivity index (χ1n) is 9.44. The highest BCUT2D eigenvalue weighted by Crippen LogP contribution is 2.28. The first-order chi connectivity index (χ1) is 14.6. The zero-order valence-electron chi connectivity index (χ0n) is 16.2. The summed E-state index contributed by atoms with van der Waals surface area (Å²) in [6.45, 7) is 1.73. The quantitative estimate of drug-likeness (QED) is 0.470. The molecule has 0 saturated carbocycles. The maximum atomic E-state index is 12.6. The Labute approximate surface area is 178 Å². The van der Waals surface area contributed by atoms with Crippen LogP contribution in [0.25, 0.3) is 11.3 Å². The van der Waals surface area contributed by atoms with Crippen molar-refractivity contribution in [1.82, 2.24) is 20.4 Å². The number of nitrogens with one attached hydrogen (secondary N) is 1. The molecule has 0 spiro atoms. The van der Waals surface area contributed by atoms with E-state index in [1.165, 1.54) is 0 Å². The van der Waals surface area contributed by atoms with Crippen molar-refractivity contribution in [2.24, 2.45) is 0 Å². The fourth-order valence-electron chi connectivity index (χ4n) is 3.03. The maximum Gasteiger partial charge on any atom is 0.253 e. The van der Waals surface area contributed by atoms with Gasteiger partial charge in [0.2, 0.25) is 5.91 Å². The Hall–Kier alpha value is -3.45. The molecule has 7 nitrogen and oxygen atoms in total. The molecule has 0 aliphatic carbocycles.